The number of benzene rings is 2. The molecule has 0 fully saturated rings. The molecule has 3 rings (SSSR count). The number of hydrogen-bond acceptors (Lipinski definition) is 3. The van der Waals surface area contributed by atoms with Crippen LogP contribution in [0.15, 0.2) is 65.2 Å². The summed E-state index contributed by atoms with van der Waals surface area (Å²) in [5.74, 6) is 1.16. The fourth-order valence-electron chi connectivity index (χ4n) is 2.10. The Hall–Kier alpha value is -2.68. The highest BCUT2D eigenvalue weighted by molar-refractivity contribution is 5.97. The van der Waals surface area contributed by atoms with Crippen molar-refractivity contribution in [2.24, 2.45) is 0 Å². The second-order valence-electron chi connectivity index (χ2n) is 4.96. The zero-order valence-electron chi connectivity index (χ0n) is 11.7. The van der Waals surface area contributed by atoms with E-state index in [2.05, 4.69) is 4.98 Å². The van der Waals surface area contributed by atoms with Gasteiger partial charge >= 0.3 is 0 Å². The number of Topliss-reactive ketones (excluding diaryl/α,β-unsaturated/α-hetero) is 1. The van der Waals surface area contributed by atoms with Gasteiger partial charge in [-0.05, 0) is 19.1 Å². The van der Waals surface area contributed by atoms with Gasteiger partial charge in [0.15, 0.2) is 5.78 Å². The lowest BCUT2D eigenvalue weighted by Crippen LogP contribution is -2.02. The van der Waals surface area contributed by atoms with Gasteiger partial charge in [-0.25, -0.2) is 4.98 Å². The minimum Gasteiger partial charge on any atom is -0.441 e. The van der Waals surface area contributed by atoms with E-state index >= 15 is 0 Å². The van der Waals surface area contributed by atoms with Gasteiger partial charge in [-0.1, -0.05) is 48.0 Å². The lowest BCUT2D eigenvalue weighted by Gasteiger charge is -1.98. The van der Waals surface area contributed by atoms with Crippen molar-refractivity contribution in [1.82, 2.24) is 4.98 Å². The minimum atomic E-state index is 0.0298. The van der Waals surface area contributed by atoms with Gasteiger partial charge in [0.1, 0.15) is 5.76 Å². The maximum atomic E-state index is 12.1. The SMILES string of the molecule is Cc1ccc(-c2ncc(CC(=O)c3ccccc3)o2)cc1. The van der Waals surface area contributed by atoms with E-state index in [0.717, 1.165) is 5.56 Å². The average molecular weight is 277 g/mol. The van der Waals surface area contributed by atoms with Gasteiger partial charge in [-0.3, -0.25) is 4.79 Å². The molecule has 0 spiro atoms. The van der Waals surface area contributed by atoms with Crippen molar-refractivity contribution in [2.75, 3.05) is 0 Å². The molecule has 0 radical (unpaired) electrons. The van der Waals surface area contributed by atoms with Crippen LogP contribution >= 0.6 is 0 Å². The van der Waals surface area contributed by atoms with Crippen LogP contribution in [0.4, 0.5) is 0 Å². The smallest absolute Gasteiger partial charge is 0.226 e. The summed E-state index contributed by atoms with van der Waals surface area (Å²) in [7, 11) is 0. The number of aryl methyl sites for hydroxylation is 1. The van der Waals surface area contributed by atoms with Gasteiger partial charge in [0, 0.05) is 11.1 Å². The lowest BCUT2D eigenvalue weighted by molar-refractivity contribution is 0.0987. The predicted molar refractivity (Wildman–Crippen MR) is 81.2 cm³/mol. The van der Waals surface area contributed by atoms with Crippen LogP contribution in [0.1, 0.15) is 21.7 Å². The summed E-state index contributed by atoms with van der Waals surface area (Å²) in [5, 5.41) is 0. The fourth-order valence-corrected chi connectivity index (χ4v) is 2.10. The van der Waals surface area contributed by atoms with E-state index in [4.69, 9.17) is 4.42 Å². The number of carbonyl (C=O) groups excluding carboxylic acids is 1. The first-order chi connectivity index (χ1) is 10.2. The Morgan fingerprint density at radius 1 is 1.05 bits per heavy atom. The van der Waals surface area contributed by atoms with Crippen LogP contribution < -0.4 is 0 Å². The monoisotopic (exact) mass is 277 g/mol. The summed E-state index contributed by atoms with van der Waals surface area (Å²) in [5.41, 5.74) is 2.79. The Balaban J connectivity index is 1.76. The first kappa shape index (κ1) is 13.3. The van der Waals surface area contributed by atoms with Gasteiger partial charge in [0.05, 0.1) is 12.6 Å². The Kier molecular flexibility index (Phi) is 3.65. The number of aromatic nitrogens is 1. The highest BCUT2D eigenvalue weighted by atomic mass is 16.4. The summed E-state index contributed by atoms with van der Waals surface area (Å²) >= 11 is 0. The maximum absolute atomic E-state index is 12.1. The summed E-state index contributed by atoms with van der Waals surface area (Å²) < 4.78 is 5.67. The third-order valence-corrected chi connectivity index (χ3v) is 3.28. The highest BCUT2D eigenvalue weighted by Crippen LogP contribution is 2.20. The molecule has 0 saturated carbocycles. The van der Waals surface area contributed by atoms with Crippen molar-refractivity contribution >= 4 is 5.78 Å². The molecule has 0 aliphatic carbocycles. The van der Waals surface area contributed by atoms with Gasteiger partial charge in [-0.2, -0.15) is 0 Å². The molecule has 0 amide bonds. The molecule has 0 bridgehead atoms. The minimum absolute atomic E-state index is 0.0298. The van der Waals surface area contributed by atoms with Crippen LogP contribution in [0, 0.1) is 6.92 Å². The predicted octanol–water partition coefficient (Wildman–Crippen LogP) is 4.08. The molecule has 0 aliphatic rings. The zero-order chi connectivity index (χ0) is 14.7. The third kappa shape index (κ3) is 3.08. The molecule has 0 N–H and O–H groups in total. The topological polar surface area (TPSA) is 43.1 Å². The molecule has 2 aromatic carbocycles. The van der Waals surface area contributed by atoms with Crippen LogP contribution in [0.25, 0.3) is 11.5 Å². The Morgan fingerprint density at radius 3 is 2.48 bits per heavy atom. The van der Waals surface area contributed by atoms with Crippen LogP contribution in [0.3, 0.4) is 0 Å². The fraction of sp³-hybridized carbons (Fsp3) is 0.111. The van der Waals surface area contributed by atoms with E-state index in [9.17, 15) is 4.79 Å². The quantitative estimate of drug-likeness (QED) is 0.675. The molecule has 1 aromatic heterocycles. The van der Waals surface area contributed by atoms with Crippen molar-refractivity contribution < 1.29 is 9.21 Å². The number of hydrogen-bond donors (Lipinski definition) is 0. The number of nitrogens with zero attached hydrogens (tertiary/aromatic N) is 1. The largest absolute Gasteiger partial charge is 0.441 e. The standard InChI is InChI=1S/C18H15NO2/c1-13-7-9-15(10-8-13)18-19-12-16(21-18)11-17(20)14-5-3-2-4-6-14/h2-10,12H,11H2,1H3. The van der Waals surface area contributed by atoms with E-state index in [0.29, 0.717) is 17.2 Å². The molecule has 104 valence electrons. The first-order valence-electron chi connectivity index (χ1n) is 6.82. The summed E-state index contributed by atoms with van der Waals surface area (Å²) in [4.78, 5) is 16.4. The van der Waals surface area contributed by atoms with Crippen molar-refractivity contribution in [3.8, 4) is 11.5 Å². The Morgan fingerprint density at radius 2 is 1.76 bits per heavy atom. The third-order valence-electron chi connectivity index (χ3n) is 3.28. The number of oxazole rings is 1. The number of rotatable bonds is 4. The second-order valence-corrected chi connectivity index (χ2v) is 4.96. The molecule has 0 aliphatic heterocycles. The van der Waals surface area contributed by atoms with E-state index in [1.165, 1.54) is 5.56 Å². The maximum Gasteiger partial charge on any atom is 0.226 e. The number of ketones is 1. The van der Waals surface area contributed by atoms with E-state index in [-0.39, 0.29) is 12.2 Å². The molecule has 21 heavy (non-hydrogen) atoms. The van der Waals surface area contributed by atoms with Crippen molar-refractivity contribution in [3.63, 3.8) is 0 Å². The molecule has 0 atom stereocenters. The van der Waals surface area contributed by atoms with E-state index in [1.807, 2.05) is 49.4 Å². The average Bonchev–Trinajstić information content (AvgIpc) is 2.97. The van der Waals surface area contributed by atoms with Crippen LogP contribution in [-0.2, 0) is 6.42 Å². The Labute approximate surface area is 123 Å². The van der Waals surface area contributed by atoms with E-state index < -0.39 is 0 Å². The van der Waals surface area contributed by atoms with Crippen LogP contribution in [0.2, 0.25) is 0 Å². The molecule has 1 heterocycles. The Bertz CT molecular complexity index is 742. The van der Waals surface area contributed by atoms with Crippen LogP contribution in [0.5, 0.6) is 0 Å². The summed E-state index contributed by atoms with van der Waals surface area (Å²) in [6.45, 7) is 2.03. The van der Waals surface area contributed by atoms with E-state index in [1.54, 1.807) is 18.3 Å². The zero-order valence-corrected chi connectivity index (χ0v) is 11.7. The van der Waals surface area contributed by atoms with Gasteiger partial charge in [-0.15, -0.1) is 0 Å². The van der Waals surface area contributed by atoms with Crippen molar-refractivity contribution in [3.05, 3.63) is 77.7 Å². The molecule has 0 saturated heterocycles. The molecule has 3 nitrogen and oxygen atoms in total. The van der Waals surface area contributed by atoms with Crippen molar-refractivity contribution in [2.45, 2.75) is 13.3 Å². The lowest BCUT2D eigenvalue weighted by atomic mass is 10.1. The molecular formula is C18H15NO2. The normalized spacial score (nSPS) is 10.5. The van der Waals surface area contributed by atoms with Gasteiger partial charge < -0.3 is 4.42 Å². The summed E-state index contributed by atoms with van der Waals surface area (Å²) in [6.07, 6.45) is 1.85. The molecule has 3 heteroatoms. The first-order valence-corrected chi connectivity index (χ1v) is 6.82. The molecular weight excluding hydrogens is 262 g/mol. The molecule has 0 unspecified atom stereocenters. The van der Waals surface area contributed by atoms with Gasteiger partial charge in [0.25, 0.3) is 0 Å². The van der Waals surface area contributed by atoms with Crippen molar-refractivity contribution in [1.29, 1.82) is 0 Å². The summed E-state index contributed by atoms with van der Waals surface area (Å²) in [6, 6.07) is 17.1. The molecule has 3 aromatic rings. The van der Waals surface area contributed by atoms with Gasteiger partial charge in [0.2, 0.25) is 5.89 Å². The van der Waals surface area contributed by atoms with Crippen LogP contribution in [-0.4, -0.2) is 10.8 Å². The number of carbonyl (C=O) groups is 1. The second kappa shape index (κ2) is 5.75. The highest BCUT2D eigenvalue weighted by Gasteiger charge is 2.11.